The average molecular weight is 640 g/mol. The Balaban J connectivity index is 0.000000257. The number of carbonyl (C=O) groups excluding carboxylic acids is 4. The number of nitrogens with two attached hydrogens (primary N) is 1. The van der Waals surface area contributed by atoms with E-state index in [0.717, 1.165) is 23.6 Å². The molecule has 0 radical (unpaired) electrons. The van der Waals surface area contributed by atoms with Crippen LogP contribution in [0, 0.1) is 12.8 Å². The average Bonchev–Trinajstić information content (AvgIpc) is 3.04. The Morgan fingerprint density at radius 3 is 2.42 bits per heavy atom. The number of likely N-dealkylation sites (N-methyl/N-ethyl adjacent to an activating group) is 1. The van der Waals surface area contributed by atoms with E-state index in [2.05, 4.69) is 34.6 Å². The first-order chi connectivity index (χ1) is 21.5. The SMILES string of the molecule is CCOc1ccc(C(N)=O)cc1.CO/C(C)=C(/C(=O)C=O)N(C)CC[C@H](C)C1=NNC(=O)SC1.Cc1ccc2c(n1)CCCC2. The molecule has 0 saturated carbocycles. The number of benzene rings is 1. The topological polar surface area (TPSA) is 153 Å². The molecule has 0 bridgehead atoms. The van der Waals surface area contributed by atoms with E-state index in [4.69, 9.17) is 15.2 Å². The zero-order valence-electron chi connectivity index (χ0n) is 27.1. The molecule has 3 N–H and O–H groups in total. The standard InChI is InChI=1S/C14H21N3O4S.C10H13N.C9H11NO2/c1-9(11-8-22-14(20)16-15-11)5-6-17(3)13(10(2)21-4)12(19)7-18;1-8-6-7-9-4-2-3-5-10(9)11-8;1-2-12-8-5-3-7(4-6-8)9(10)11/h7,9H,5-6,8H2,1-4H3,(H,16,20);6-7H,2-5H2,1H3;3-6H,2H2,1H3,(H2,10,11)/b13-10-;;/t9-;;/m0../s1. The van der Waals surface area contributed by atoms with Crippen LogP contribution in [0.25, 0.3) is 0 Å². The number of hydrogen-bond donors (Lipinski definition) is 2. The highest BCUT2D eigenvalue weighted by Crippen LogP contribution is 2.19. The molecule has 1 aliphatic heterocycles. The third kappa shape index (κ3) is 12.4. The van der Waals surface area contributed by atoms with Gasteiger partial charge in [0.05, 0.1) is 19.4 Å². The number of aldehydes is 1. The number of aryl methyl sites for hydroxylation is 3. The number of ketones is 1. The van der Waals surface area contributed by atoms with Crippen LogP contribution in [0.3, 0.4) is 0 Å². The molecule has 12 heteroatoms. The lowest BCUT2D eigenvalue weighted by molar-refractivity contribution is -0.128. The molecule has 244 valence electrons. The van der Waals surface area contributed by atoms with Gasteiger partial charge in [0.1, 0.15) is 17.2 Å². The maximum absolute atomic E-state index is 11.7. The van der Waals surface area contributed by atoms with Gasteiger partial charge in [0, 0.05) is 36.3 Å². The van der Waals surface area contributed by atoms with Crippen LogP contribution < -0.4 is 15.9 Å². The lowest BCUT2D eigenvalue weighted by Crippen LogP contribution is -2.31. The number of amides is 2. The van der Waals surface area contributed by atoms with Crippen molar-refractivity contribution in [2.45, 2.75) is 59.8 Å². The summed E-state index contributed by atoms with van der Waals surface area (Å²) in [7, 11) is 3.20. The Hall–Kier alpha value is -4.19. The van der Waals surface area contributed by atoms with Gasteiger partial charge in [0.15, 0.2) is 6.29 Å². The van der Waals surface area contributed by atoms with Gasteiger partial charge in [-0.25, -0.2) is 5.43 Å². The molecule has 1 aromatic heterocycles. The minimum atomic E-state index is -0.604. The third-order valence-corrected chi connectivity index (χ3v) is 8.03. The molecule has 45 heavy (non-hydrogen) atoms. The van der Waals surface area contributed by atoms with Gasteiger partial charge in [-0.2, -0.15) is 5.10 Å². The van der Waals surface area contributed by atoms with E-state index < -0.39 is 11.7 Å². The van der Waals surface area contributed by atoms with Crippen LogP contribution in [0.4, 0.5) is 4.79 Å². The number of carbonyl (C=O) groups is 4. The number of aromatic nitrogens is 1. The number of ether oxygens (including phenoxy) is 2. The lowest BCUT2D eigenvalue weighted by atomic mass is 9.96. The highest BCUT2D eigenvalue weighted by Gasteiger charge is 2.21. The monoisotopic (exact) mass is 639 g/mol. The van der Waals surface area contributed by atoms with E-state index in [1.165, 1.54) is 55.8 Å². The van der Waals surface area contributed by atoms with Crippen LogP contribution in [0.5, 0.6) is 5.75 Å². The lowest BCUT2D eigenvalue weighted by Gasteiger charge is -2.24. The molecule has 2 amide bonds. The zero-order chi connectivity index (χ0) is 33.4. The summed E-state index contributed by atoms with van der Waals surface area (Å²) in [6.07, 6.45) is 6.12. The minimum absolute atomic E-state index is 0.148. The number of nitrogens with one attached hydrogen (secondary N) is 1. The maximum atomic E-state index is 11.7. The minimum Gasteiger partial charge on any atom is -0.499 e. The van der Waals surface area contributed by atoms with Crippen LogP contribution in [-0.2, 0) is 27.2 Å². The van der Waals surface area contributed by atoms with Crippen molar-refractivity contribution >= 4 is 40.7 Å². The molecule has 4 rings (SSSR count). The van der Waals surface area contributed by atoms with Crippen molar-refractivity contribution in [2.75, 3.05) is 33.1 Å². The Bertz CT molecular complexity index is 1380. The van der Waals surface area contributed by atoms with Gasteiger partial charge in [-0.1, -0.05) is 24.8 Å². The van der Waals surface area contributed by atoms with Crippen molar-refractivity contribution in [1.29, 1.82) is 0 Å². The quantitative estimate of drug-likeness (QED) is 0.152. The Kier molecular flexibility index (Phi) is 15.8. The molecule has 0 unspecified atom stereocenters. The number of fused-ring (bicyclic) bond motifs is 1. The zero-order valence-corrected chi connectivity index (χ0v) is 27.9. The summed E-state index contributed by atoms with van der Waals surface area (Å²) in [5.74, 6) is 0.869. The molecular formula is C33H45N5O6S. The van der Waals surface area contributed by atoms with E-state index in [0.29, 0.717) is 30.2 Å². The Morgan fingerprint density at radius 2 is 1.84 bits per heavy atom. The fourth-order valence-electron chi connectivity index (χ4n) is 4.60. The van der Waals surface area contributed by atoms with Gasteiger partial charge in [0.25, 0.3) is 5.24 Å². The van der Waals surface area contributed by atoms with Crippen LogP contribution in [0.1, 0.15) is 67.3 Å². The number of hydrazone groups is 1. The first kappa shape index (κ1) is 37.0. The van der Waals surface area contributed by atoms with Gasteiger partial charge in [-0.15, -0.1) is 0 Å². The van der Waals surface area contributed by atoms with Crippen molar-refractivity contribution in [2.24, 2.45) is 16.8 Å². The van der Waals surface area contributed by atoms with Gasteiger partial charge < -0.3 is 20.1 Å². The number of thioether (sulfide) groups is 1. The summed E-state index contributed by atoms with van der Waals surface area (Å²) in [6.45, 7) is 8.81. The third-order valence-electron chi connectivity index (χ3n) is 7.24. The smallest absolute Gasteiger partial charge is 0.299 e. The summed E-state index contributed by atoms with van der Waals surface area (Å²) in [5, 5.41) is 3.91. The molecule has 2 heterocycles. The molecule has 1 aromatic carbocycles. The predicted octanol–water partition coefficient (Wildman–Crippen LogP) is 4.86. The second-order valence-corrected chi connectivity index (χ2v) is 11.5. The number of hydrogen-bond acceptors (Lipinski definition) is 10. The fourth-order valence-corrected chi connectivity index (χ4v) is 5.33. The highest BCUT2D eigenvalue weighted by atomic mass is 32.2. The number of primary amides is 1. The van der Waals surface area contributed by atoms with Gasteiger partial charge >= 0.3 is 0 Å². The van der Waals surface area contributed by atoms with Crippen molar-refractivity contribution < 1.29 is 28.7 Å². The van der Waals surface area contributed by atoms with E-state index in [1.54, 1.807) is 43.1 Å². The molecule has 11 nitrogen and oxygen atoms in total. The van der Waals surface area contributed by atoms with E-state index in [1.807, 2.05) is 13.8 Å². The van der Waals surface area contributed by atoms with Gasteiger partial charge in [0.2, 0.25) is 11.7 Å². The Morgan fingerprint density at radius 1 is 1.16 bits per heavy atom. The van der Waals surface area contributed by atoms with Crippen molar-refractivity contribution in [3.05, 3.63) is 70.4 Å². The highest BCUT2D eigenvalue weighted by molar-refractivity contribution is 8.14. The first-order valence-electron chi connectivity index (χ1n) is 14.9. The number of allylic oxidation sites excluding steroid dienone is 2. The normalized spacial score (nSPS) is 14.7. The summed E-state index contributed by atoms with van der Waals surface area (Å²) in [5.41, 5.74) is 13.2. The molecule has 0 fully saturated rings. The first-order valence-corrected chi connectivity index (χ1v) is 15.9. The molecule has 0 saturated heterocycles. The number of nitrogens with zero attached hydrogens (tertiary/aromatic N) is 3. The fraction of sp³-hybridized carbons (Fsp3) is 0.455. The number of pyridine rings is 1. The van der Waals surface area contributed by atoms with Crippen molar-refractivity contribution in [1.82, 2.24) is 15.3 Å². The second kappa shape index (κ2) is 19.3. The Labute approximate surface area is 270 Å². The molecule has 2 aromatic rings. The molecule has 1 aliphatic carbocycles. The summed E-state index contributed by atoms with van der Waals surface area (Å²) in [4.78, 5) is 50.4. The number of Topliss-reactive ketones (excluding diaryl/α,β-unsaturated/α-hetero) is 1. The maximum Gasteiger partial charge on any atom is 0.299 e. The largest absolute Gasteiger partial charge is 0.499 e. The summed E-state index contributed by atoms with van der Waals surface area (Å²) < 4.78 is 10.3. The van der Waals surface area contributed by atoms with Crippen LogP contribution in [0.15, 0.2) is 53.0 Å². The van der Waals surface area contributed by atoms with Crippen LogP contribution in [0.2, 0.25) is 0 Å². The molecular weight excluding hydrogens is 594 g/mol. The summed E-state index contributed by atoms with van der Waals surface area (Å²) in [6, 6.07) is 11.1. The second-order valence-electron chi connectivity index (χ2n) is 10.6. The van der Waals surface area contributed by atoms with Crippen LogP contribution >= 0.6 is 11.8 Å². The van der Waals surface area contributed by atoms with Gasteiger partial charge in [-0.05, 0) is 94.7 Å². The van der Waals surface area contributed by atoms with E-state index in [-0.39, 0.29) is 23.1 Å². The van der Waals surface area contributed by atoms with E-state index in [9.17, 15) is 19.2 Å². The molecule has 1 atom stereocenters. The number of rotatable bonds is 11. The van der Waals surface area contributed by atoms with Crippen molar-refractivity contribution in [3.63, 3.8) is 0 Å². The molecule has 2 aliphatic rings. The van der Waals surface area contributed by atoms with E-state index >= 15 is 0 Å². The number of methoxy groups -OCH3 is 1. The predicted molar refractivity (Wildman–Crippen MR) is 177 cm³/mol. The van der Waals surface area contributed by atoms with Crippen molar-refractivity contribution in [3.8, 4) is 5.75 Å². The summed E-state index contributed by atoms with van der Waals surface area (Å²) >= 11 is 1.19. The van der Waals surface area contributed by atoms with Crippen LogP contribution in [-0.4, -0.2) is 71.9 Å². The molecule has 0 spiro atoms. The van der Waals surface area contributed by atoms with Gasteiger partial charge in [-0.3, -0.25) is 24.2 Å².